The van der Waals surface area contributed by atoms with Crippen LogP contribution >= 0.6 is 0 Å². The van der Waals surface area contributed by atoms with Crippen molar-refractivity contribution >= 4 is 50.3 Å². The summed E-state index contributed by atoms with van der Waals surface area (Å²) >= 11 is 0. The van der Waals surface area contributed by atoms with Crippen molar-refractivity contribution in [3.63, 3.8) is 0 Å². The van der Waals surface area contributed by atoms with Gasteiger partial charge in [0.15, 0.2) is 5.82 Å². The van der Waals surface area contributed by atoms with Crippen LogP contribution in [0.1, 0.15) is 82.6 Å². The largest absolute Gasteiger partial charge is 0.490 e. The number of carboxylic acid groups (broad SMARTS) is 2. The summed E-state index contributed by atoms with van der Waals surface area (Å²) in [6.45, 7) is 6.57. The van der Waals surface area contributed by atoms with Gasteiger partial charge in [-0.05, 0) is 93.1 Å². The fourth-order valence-electron chi connectivity index (χ4n) is 8.81. The molecule has 3 aliphatic rings. The van der Waals surface area contributed by atoms with Crippen LogP contribution in [0.2, 0.25) is 0 Å². The van der Waals surface area contributed by atoms with Crippen molar-refractivity contribution in [3.05, 3.63) is 107 Å². The molecule has 0 amide bonds. The maximum Gasteiger partial charge on any atom is 0.336 e. The summed E-state index contributed by atoms with van der Waals surface area (Å²) in [5, 5.41) is 19.1. The van der Waals surface area contributed by atoms with E-state index in [1.54, 1.807) is 12.3 Å². The fraction of sp³-hybridized carbons (Fsp3) is 0.378. The standard InChI is InChI=1S/C45H47F3N6O8S/c1-25(2)54(31-18-33(19-31)62-32-7-8-34(44(56)57)36(20-32)45(58)59)23-26-11-14-52(15-12-26)30-5-3-27(4-6-30)28-17-35-37(22-50-43(35)49-21-28)42(55)40-38(47)9-10-39(41(40)48)51-63(60,61)53-16-13-29(46)24-53/h3-10,17,20-22,25-26,29,31,33,51H,11-16,18-19,23-24H2,1-2H3,(H,49,50)(H,56,57)(H,58,59)/t29-,31?,33?/m1/s1. The van der Waals surface area contributed by atoms with Crippen molar-refractivity contribution < 1.29 is 50.9 Å². The van der Waals surface area contributed by atoms with Gasteiger partial charge in [-0.2, -0.15) is 12.7 Å². The van der Waals surface area contributed by atoms with E-state index in [9.17, 15) is 37.4 Å². The summed E-state index contributed by atoms with van der Waals surface area (Å²) in [4.78, 5) is 49.0. The van der Waals surface area contributed by atoms with Gasteiger partial charge >= 0.3 is 22.1 Å². The first kappa shape index (κ1) is 43.7. The second kappa shape index (κ2) is 17.7. The minimum absolute atomic E-state index is 0.00215. The number of piperidine rings is 1. The van der Waals surface area contributed by atoms with Crippen LogP contribution in [0.25, 0.3) is 22.2 Å². The molecule has 3 fully saturated rings. The summed E-state index contributed by atoms with van der Waals surface area (Å²) in [7, 11) is -4.36. The maximum atomic E-state index is 15.7. The van der Waals surface area contributed by atoms with E-state index >= 15 is 8.78 Å². The molecule has 1 atom stereocenters. The van der Waals surface area contributed by atoms with E-state index in [2.05, 4.69) is 33.6 Å². The number of ether oxygens (including phenoxy) is 1. The lowest BCUT2D eigenvalue weighted by molar-refractivity contribution is -0.00663. The monoisotopic (exact) mass is 888 g/mol. The molecule has 2 aliphatic heterocycles. The van der Waals surface area contributed by atoms with Gasteiger partial charge in [0.25, 0.3) is 0 Å². The van der Waals surface area contributed by atoms with E-state index < -0.39 is 63.5 Å². The quantitative estimate of drug-likeness (QED) is 0.0770. The van der Waals surface area contributed by atoms with E-state index in [1.807, 2.05) is 29.0 Å². The van der Waals surface area contributed by atoms with Crippen LogP contribution in [-0.2, 0) is 10.2 Å². The van der Waals surface area contributed by atoms with Crippen LogP contribution < -0.4 is 14.4 Å². The van der Waals surface area contributed by atoms with Crippen molar-refractivity contribution in [1.29, 1.82) is 0 Å². The highest BCUT2D eigenvalue weighted by Gasteiger charge is 2.38. The third-order valence-corrected chi connectivity index (χ3v) is 13.9. The lowest BCUT2D eigenvalue weighted by atomic mass is 9.85. The highest BCUT2D eigenvalue weighted by Crippen LogP contribution is 2.35. The molecule has 8 rings (SSSR count). The average Bonchev–Trinajstić information content (AvgIpc) is 3.89. The number of hydrogen-bond donors (Lipinski definition) is 4. The summed E-state index contributed by atoms with van der Waals surface area (Å²) in [5.74, 6) is -5.36. The number of halogens is 3. The van der Waals surface area contributed by atoms with Gasteiger partial charge in [0.2, 0.25) is 5.78 Å². The van der Waals surface area contributed by atoms with Crippen LogP contribution in [0.5, 0.6) is 5.75 Å². The molecule has 0 bridgehead atoms. The number of H-pyrrole nitrogens is 1. The van der Waals surface area contributed by atoms with Crippen molar-refractivity contribution in [1.82, 2.24) is 19.2 Å². The van der Waals surface area contributed by atoms with Crippen LogP contribution in [0.3, 0.4) is 0 Å². The van der Waals surface area contributed by atoms with E-state index in [0.29, 0.717) is 40.3 Å². The molecule has 14 nitrogen and oxygen atoms in total. The normalized spacial score (nSPS) is 19.7. The Morgan fingerprint density at radius 2 is 1.63 bits per heavy atom. The summed E-state index contributed by atoms with van der Waals surface area (Å²) in [6.07, 6.45) is 5.08. The molecule has 5 aromatic rings. The van der Waals surface area contributed by atoms with Crippen LogP contribution in [0, 0.1) is 17.6 Å². The molecule has 4 N–H and O–H groups in total. The number of fused-ring (bicyclic) bond motifs is 1. The Morgan fingerprint density at radius 3 is 2.29 bits per heavy atom. The SMILES string of the molecule is CC(C)N(CC1CCN(c2ccc(-c3cnc4[nH]cc(C(=O)c5c(F)ccc(NS(=O)(=O)N6CC[C@@H](F)C6)c5F)c4c3)cc2)CC1)C1CC(Oc2ccc(C(=O)O)c(C(=O)O)c2)C1. The number of nitrogens with one attached hydrogen (secondary N) is 2. The van der Waals surface area contributed by atoms with Gasteiger partial charge in [-0.15, -0.1) is 0 Å². The number of benzene rings is 3. The second-order valence-corrected chi connectivity index (χ2v) is 18.4. The van der Waals surface area contributed by atoms with Crippen LogP contribution in [0.15, 0.2) is 73.1 Å². The first-order chi connectivity index (χ1) is 30.1. The number of aromatic carboxylic acids is 2. The molecule has 18 heteroatoms. The number of alkyl halides is 1. The molecule has 0 unspecified atom stereocenters. The Hall–Kier alpha value is -5.98. The maximum absolute atomic E-state index is 15.7. The minimum Gasteiger partial charge on any atom is -0.490 e. The predicted molar refractivity (Wildman–Crippen MR) is 230 cm³/mol. The van der Waals surface area contributed by atoms with E-state index in [0.717, 1.165) is 73.0 Å². The Balaban J connectivity index is 0.880. The number of anilines is 2. The van der Waals surface area contributed by atoms with Gasteiger partial charge < -0.3 is 24.8 Å². The zero-order chi connectivity index (χ0) is 44.7. The summed E-state index contributed by atoms with van der Waals surface area (Å²) < 4.78 is 79.1. The first-order valence-electron chi connectivity index (χ1n) is 20.9. The first-order valence-corrected chi connectivity index (χ1v) is 22.3. The van der Waals surface area contributed by atoms with Gasteiger partial charge in [-0.1, -0.05) is 12.1 Å². The van der Waals surface area contributed by atoms with Crippen molar-refractivity contribution in [2.45, 2.75) is 70.3 Å². The lowest BCUT2D eigenvalue weighted by Crippen LogP contribution is -2.53. The number of hydrogen-bond acceptors (Lipinski definition) is 9. The predicted octanol–water partition coefficient (Wildman–Crippen LogP) is 7.37. The third kappa shape index (κ3) is 9.10. The van der Waals surface area contributed by atoms with Crippen molar-refractivity contribution in [2.24, 2.45) is 5.92 Å². The number of aromatic nitrogens is 2. The number of aromatic amines is 1. The Bertz CT molecular complexity index is 2670. The van der Waals surface area contributed by atoms with Gasteiger partial charge in [0.1, 0.15) is 29.5 Å². The molecule has 1 aliphatic carbocycles. The number of carbonyl (C=O) groups excluding carboxylic acids is 1. The molecular weight excluding hydrogens is 842 g/mol. The molecule has 2 aromatic heterocycles. The zero-order valence-electron chi connectivity index (χ0n) is 34.6. The average molecular weight is 889 g/mol. The minimum atomic E-state index is -4.36. The molecule has 1 saturated carbocycles. The van der Waals surface area contributed by atoms with Crippen molar-refractivity contribution in [2.75, 3.05) is 42.3 Å². The third-order valence-electron chi connectivity index (χ3n) is 12.4. The molecule has 3 aromatic carbocycles. The van der Waals surface area contributed by atoms with E-state index in [1.165, 1.54) is 24.4 Å². The molecule has 63 heavy (non-hydrogen) atoms. The number of ketones is 1. The lowest BCUT2D eigenvalue weighted by Gasteiger charge is -2.46. The number of carboxylic acids is 2. The van der Waals surface area contributed by atoms with Gasteiger partial charge in [-0.25, -0.2) is 27.7 Å². The summed E-state index contributed by atoms with van der Waals surface area (Å²) in [5.41, 5.74) is 0.630. The summed E-state index contributed by atoms with van der Waals surface area (Å²) in [6, 6.07) is 16.0. The molecule has 0 spiro atoms. The number of nitrogens with zero attached hydrogens (tertiary/aromatic N) is 4. The number of carbonyl (C=O) groups is 3. The van der Waals surface area contributed by atoms with Gasteiger partial charge in [-0.3, -0.25) is 14.4 Å². The number of pyridine rings is 1. The molecule has 4 heterocycles. The Morgan fingerprint density at radius 1 is 0.921 bits per heavy atom. The Kier molecular flexibility index (Phi) is 12.2. The van der Waals surface area contributed by atoms with Gasteiger partial charge in [0, 0.05) is 92.2 Å². The second-order valence-electron chi connectivity index (χ2n) is 16.7. The molecular formula is C45H47F3N6O8S. The van der Waals surface area contributed by atoms with Gasteiger partial charge in [0.05, 0.1) is 22.4 Å². The van der Waals surface area contributed by atoms with Crippen molar-refractivity contribution in [3.8, 4) is 16.9 Å². The van der Waals surface area contributed by atoms with E-state index in [4.69, 9.17) is 4.74 Å². The highest BCUT2D eigenvalue weighted by molar-refractivity contribution is 7.90. The highest BCUT2D eigenvalue weighted by atomic mass is 32.2. The Labute approximate surface area is 361 Å². The molecule has 0 radical (unpaired) electrons. The smallest absolute Gasteiger partial charge is 0.336 e. The molecule has 332 valence electrons. The number of rotatable bonds is 15. The van der Waals surface area contributed by atoms with Crippen LogP contribution in [-0.4, -0.2) is 113 Å². The zero-order valence-corrected chi connectivity index (χ0v) is 35.4. The fourth-order valence-corrected chi connectivity index (χ4v) is 10.1. The van der Waals surface area contributed by atoms with Crippen LogP contribution in [0.4, 0.5) is 24.5 Å². The molecule has 2 saturated heterocycles. The van der Waals surface area contributed by atoms with E-state index in [-0.39, 0.29) is 35.8 Å². The topological polar surface area (TPSA) is 185 Å².